The number of phenols is 1. The van der Waals surface area contributed by atoms with Crippen molar-refractivity contribution in [3.8, 4) is 5.75 Å². The SMILES string of the molecule is CCN(CC)CC(CN(CC)CC)Nc1ccnc2ccc(O)cc12. The fourth-order valence-electron chi connectivity index (χ4n) is 3.22. The second-order valence-corrected chi connectivity index (χ2v) is 6.37. The van der Waals surface area contributed by atoms with Gasteiger partial charge < -0.3 is 20.2 Å². The summed E-state index contributed by atoms with van der Waals surface area (Å²) in [6.07, 6.45) is 1.83. The van der Waals surface area contributed by atoms with Crippen LogP contribution in [-0.2, 0) is 0 Å². The Morgan fingerprint density at radius 1 is 0.960 bits per heavy atom. The van der Waals surface area contributed by atoms with E-state index in [-0.39, 0.29) is 5.75 Å². The molecule has 0 bridgehead atoms. The minimum Gasteiger partial charge on any atom is -0.508 e. The molecular weight excluding hydrogens is 312 g/mol. The van der Waals surface area contributed by atoms with Gasteiger partial charge in [0, 0.05) is 30.4 Å². The zero-order valence-electron chi connectivity index (χ0n) is 16.0. The first-order valence-electron chi connectivity index (χ1n) is 9.40. The van der Waals surface area contributed by atoms with E-state index >= 15 is 0 Å². The number of hydrogen-bond donors (Lipinski definition) is 2. The van der Waals surface area contributed by atoms with E-state index in [1.807, 2.05) is 18.3 Å². The molecular formula is C20H32N4O. The van der Waals surface area contributed by atoms with E-state index in [0.717, 1.165) is 55.9 Å². The minimum absolute atomic E-state index is 0.271. The van der Waals surface area contributed by atoms with Crippen molar-refractivity contribution in [1.29, 1.82) is 0 Å². The molecule has 2 N–H and O–H groups in total. The predicted octanol–water partition coefficient (Wildman–Crippen LogP) is 3.40. The second kappa shape index (κ2) is 9.59. The van der Waals surface area contributed by atoms with Gasteiger partial charge in [-0.2, -0.15) is 0 Å². The molecule has 2 aromatic rings. The summed E-state index contributed by atoms with van der Waals surface area (Å²) in [6.45, 7) is 15.0. The van der Waals surface area contributed by atoms with Gasteiger partial charge in [-0.1, -0.05) is 27.7 Å². The number of benzene rings is 1. The summed E-state index contributed by atoms with van der Waals surface area (Å²) in [6, 6.07) is 7.64. The number of likely N-dealkylation sites (N-methyl/N-ethyl adjacent to an activating group) is 2. The molecule has 0 radical (unpaired) electrons. The van der Waals surface area contributed by atoms with Gasteiger partial charge >= 0.3 is 0 Å². The molecule has 0 unspecified atom stereocenters. The Kier molecular flexibility index (Phi) is 7.47. The van der Waals surface area contributed by atoms with Crippen LogP contribution in [0.2, 0.25) is 0 Å². The standard InChI is InChI=1S/C20H32N4O/c1-5-23(6-2)14-16(15-24(7-3)8-4)22-20-11-12-21-19-10-9-17(25)13-18(19)20/h9-13,16,25H,5-8,14-15H2,1-4H3,(H,21,22). The molecule has 0 fully saturated rings. The number of fused-ring (bicyclic) bond motifs is 1. The molecule has 0 atom stereocenters. The van der Waals surface area contributed by atoms with E-state index in [4.69, 9.17) is 0 Å². The Bertz CT molecular complexity index is 639. The zero-order chi connectivity index (χ0) is 18.2. The number of hydrogen-bond acceptors (Lipinski definition) is 5. The molecule has 5 heteroatoms. The molecule has 0 amide bonds. The Morgan fingerprint density at radius 2 is 1.56 bits per heavy atom. The van der Waals surface area contributed by atoms with Gasteiger partial charge in [0.25, 0.3) is 0 Å². The quantitative estimate of drug-likeness (QED) is 0.692. The first-order valence-corrected chi connectivity index (χ1v) is 9.40. The van der Waals surface area contributed by atoms with Crippen LogP contribution in [0.15, 0.2) is 30.5 Å². The summed E-state index contributed by atoms with van der Waals surface area (Å²) in [7, 11) is 0. The first kappa shape index (κ1) is 19.5. The molecule has 1 aromatic carbocycles. The van der Waals surface area contributed by atoms with Crippen molar-refractivity contribution in [2.24, 2.45) is 0 Å². The maximum Gasteiger partial charge on any atom is 0.116 e. The molecule has 2 rings (SSSR count). The molecule has 25 heavy (non-hydrogen) atoms. The number of phenolic OH excluding ortho intramolecular Hbond substituents is 1. The van der Waals surface area contributed by atoms with Gasteiger partial charge in [0.15, 0.2) is 0 Å². The monoisotopic (exact) mass is 344 g/mol. The van der Waals surface area contributed by atoms with Crippen LogP contribution in [0.4, 0.5) is 5.69 Å². The highest BCUT2D eigenvalue weighted by Crippen LogP contribution is 2.26. The topological polar surface area (TPSA) is 51.6 Å². The number of aromatic nitrogens is 1. The highest BCUT2D eigenvalue weighted by molar-refractivity contribution is 5.92. The maximum atomic E-state index is 9.86. The second-order valence-electron chi connectivity index (χ2n) is 6.37. The van der Waals surface area contributed by atoms with Crippen molar-refractivity contribution in [1.82, 2.24) is 14.8 Å². The van der Waals surface area contributed by atoms with Gasteiger partial charge in [-0.3, -0.25) is 4.98 Å². The van der Waals surface area contributed by atoms with Gasteiger partial charge in [-0.15, -0.1) is 0 Å². The normalized spacial score (nSPS) is 11.8. The highest BCUT2D eigenvalue weighted by Gasteiger charge is 2.16. The fraction of sp³-hybridized carbons (Fsp3) is 0.550. The Labute approximate surface area is 151 Å². The summed E-state index contributed by atoms with van der Waals surface area (Å²) in [5, 5.41) is 14.5. The van der Waals surface area contributed by atoms with Crippen LogP contribution in [0.1, 0.15) is 27.7 Å². The van der Waals surface area contributed by atoms with E-state index < -0.39 is 0 Å². The van der Waals surface area contributed by atoms with E-state index in [1.54, 1.807) is 12.1 Å². The number of pyridine rings is 1. The molecule has 138 valence electrons. The van der Waals surface area contributed by atoms with Crippen molar-refractivity contribution in [2.75, 3.05) is 44.6 Å². The Balaban J connectivity index is 2.27. The average Bonchev–Trinajstić information content (AvgIpc) is 2.64. The fourth-order valence-corrected chi connectivity index (χ4v) is 3.22. The van der Waals surface area contributed by atoms with Crippen molar-refractivity contribution < 1.29 is 5.11 Å². The number of anilines is 1. The predicted molar refractivity (Wildman–Crippen MR) is 106 cm³/mol. The third-order valence-electron chi connectivity index (χ3n) is 4.83. The maximum absolute atomic E-state index is 9.86. The van der Waals surface area contributed by atoms with E-state index in [9.17, 15) is 5.11 Å². The number of nitrogens with one attached hydrogen (secondary N) is 1. The zero-order valence-corrected chi connectivity index (χ0v) is 16.0. The summed E-state index contributed by atoms with van der Waals surface area (Å²) in [5.74, 6) is 0.271. The van der Waals surface area contributed by atoms with Crippen LogP contribution in [0.25, 0.3) is 10.9 Å². The van der Waals surface area contributed by atoms with Crippen LogP contribution in [0.3, 0.4) is 0 Å². The summed E-state index contributed by atoms with van der Waals surface area (Å²) in [4.78, 5) is 9.30. The third kappa shape index (κ3) is 5.31. The van der Waals surface area contributed by atoms with Crippen LogP contribution >= 0.6 is 0 Å². The minimum atomic E-state index is 0.271. The Morgan fingerprint density at radius 3 is 2.12 bits per heavy atom. The van der Waals surface area contributed by atoms with Gasteiger partial charge in [0.2, 0.25) is 0 Å². The molecule has 1 heterocycles. The summed E-state index contributed by atoms with van der Waals surface area (Å²) in [5.41, 5.74) is 1.93. The van der Waals surface area contributed by atoms with Crippen molar-refractivity contribution in [2.45, 2.75) is 33.7 Å². The molecule has 5 nitrogen and oxygen atoms in total. The number of rotatable bonds is 10. The van der Waals surface area contributed by atoms with Crippen LogP contribution in [-0.4, -0.2) is 65.2 Å². The largest absolute Gasteiger partial charge is 0.508 e. The Hall–Kier alpha value is -1.85. The molecule has 0 aliphatic rings. The number of nitrogens with zero attached hydrogens (tertiary/aromatic N) is 3. The summed E-state index contributed by atoms with van der Waals surface area (Å²) >= 11 is 0. The first-order chi connectivity index (χ1) is 12.1. The third-order valence-corrected chi connectivity index (χ3v) is 4.83. The highest BCUT2D eigenvalue weighted by atomic mass is 16.3. The average molecular weight is 345 g/mol. The molecule has 0 spiro atoms. The molecule has 1 aromatic heterocycles. The molecule has 0 saturated heterocycles. The van der Waals surface area contributed by atoms with E-state index in [0.29, 0.717) is 6.04 Å². The molecule has 0 aliphatic heterocycles. The van der Waals surface area contributed by atoms with Gasteiger partial charge in [-0.05, 0) is 50.4 Å². The van der Waals surface area contributed by atoms with Crippen LogP contribution in [0, 0.1) is 0 Å². The van der Waals surface area contributed by atoms with Gasteiger partial charge in [0.1, 0.15) is 5.75 Å². The lowest BCUT2D eigenvalue weighted by molar-refractivity contribution is 0.236. The van der Waals surface area contributed by atoms with E-state index in [2.05, 4.69) is 47.8 Å². The van der Waals surface area contributed by atoms with Crippen molar-refractivity contribution in [3.63, 3.8) is 0 Å². The lowest BCUT2D eigenvalue weighted by Crippen LogP contribution is -2.44. The van der Waals surface area contributed by atoms with Crippen LogP contribution in [0.5, 0.6) is 5.75 Å². The molecule has 0 aliphatic carbocycles. The lowest BCUT2D eigenvalue weighted by atomic mass is 10.1. The molecule has 0 saturated carbocycles. The van der Waals surface area contributed by atoms with Crippen molar-refractivity contribution >= 4 is 16.6 Å². The lowest BCUT2D eigenvalue weighted by Gasteiger charge is -2.31. The van der Waals surface area contributed by atoms with Gasteiger partial charge in [-0.25, -0.2) is 0 Å². The van der Waals surface area contributed by atoms with E-state index in [1.165, 1.54) is 0 Å². The summed E-state index contributed by atoms with van der Waals surface area (Å²) < 4.78 is 0. The van der Waals surface area contributed by atoms with Crippen LogP contribution < -0.4 is 5.32 Å². The van der Waals surface area contributed by atoms with Gasteiger partial charge in [0.05, 0.1) is 11.6 Å². The smallest absolute Gasteiger partial charge is 0.116 e. The number of aromatic hydroxyl groups is 1. The van der Waals surface area contributed by atoms with Crippen molar-refractivity contribution in [3.05, 3.63) is 30.5 Å².